The summed E-state index contributed by atoms with van der Waals surface area (Å²) in [5, 5.41) is 12.7. The molecule has 0 aliphatic carbocycles. The second-order valence-corrected chi connectivity index (χ2v) is 12.1. The van der Waals surface area contributed by atoms with Gasteiger partial charge in [0.2, 0.25) is 0 Å². The first-order valence-corrected chi connectivity index (χ1v) is 16.4. The fourth-order valence-corrected chi connectivity index (χ4v) is 7.83. The van der Waals surface area contributed by atoms with Gasteiger partial charge in [-0.1, -0.05) is 38.1 Å². The van der Waals surface area contributed by atoms with Crippen LogP contribution < -0.4 is 15.0 Å². The third-order valence-electron chi connectivity index (χ3n) is 9.93. The van der Waals surface area contributed by atoms with Crippen LogP contribution in [-0.2, 0) is 6.42 Å². The number of halogens is 2. The zero-order valence-electron chi connectivity index (χ0n) is 26.8. The zero-order valence-corrected chi connectivity index (χ0v) is 26.8. The van der Waals surface area contributed by atoms with Gasteiger partial charge in [-0.15, -0.1) is 0 Å². The van der Waals surface area contributed by atoms with Crippen molar-refractivity contribution in [2.24, 2.45) is 0 Å². The zero-order chi connectivity index (χ0) is 31.7. The molecule has 6 heterocycles. The Labute approximate surface area is 263 Å². The van der Waals surface area contributed by atoms with Gasteiger partial charge >= 0.3 is 6.01 Å². The monoisotopic (exact) mass is 618 g/mol. The van der Waals surface area contributed by atoms with E-state index in [9.17, 15) is 4.39 Å². The smallest absolute Gasteiger partial charge is 0.319 e. The number of nitrogens with one attached hydrogen (secondary N) is 1. The fraction of sp³-hybridized carbons (Fsp3) is 0.514. The van der Waals surface area contributed by atoms with Crippen molar-refractivity contribution in [3.63, 3.8) is 0 Å². The van der Waals surface area contributed by atoms with Crippen LogP contribution in [0, 0.1) is 18.6 Å². The molecular weight excluding hydrogens is 574 g/mol. The van der Waals surface area contributed by atoms with Crippen LogP contribution in [0.1, 0.15) is 57.2 Å². The predicted octanol–water partition coefficient (Wildman–Crippen LogP) is 5.80. The number of aliphatic hydroxyl groups excluding tert-OH is 1. The lowest BCUT2D eigenvalue weighted by atomic mass is 9.95. The first kappa shape index (κ1) is 31.5. The van der Waals surface area contributed by atoms with Crippen molar-refractivity contribution >= 4 is 27.5 Å². The van der Waals surface area contributed by atoms with Gasteiger partial charge in [0.15, 0.2) is 5.82 Å². The lowest BCUT2D eigenvalue weighted by Gasteiger charge is -2.36. The van der Waals surface area contributed by atoms with Crippen LogP contribution in [0.3, 0.4) is 0 Å². The SMILES string of the molecule is CC.CO.Cc1c(F)ccc2cccc(-c3nc4c5c(nc(OCC67CCCN6CCC7)nc5c3F)N3CCNCC3CC4)c12. The molecule has 3 saturated heterocycles. The van der Waals surface area contributed by atoms with Gasteiger partial charge in [0, 0.05) is 38.3 Å². The predicted molar refractivity (Wildman–Crippen MR) is 175 cm³/mol. The highest BCUT2D eigenvalue weighted by atomic mass is 19.1. The second kappa shape index (κ2) is 13.1. The van der Waals surface area contributed by atoms with Gasteiger partial charge in [0.05, 0.1) is 16.6 Å². The van der Waals surface area contributed by atoms with Crippen LogP contribution in [-0.4, -0.2) is 83.0 Å². The molecule has 4 aromatic rings. The van der Waals surface area contributed by atoms with E-state index in [2.05, 4.69) is 15.1 Å². The molecule has 0 spiro atoms. The highest BCUT2D eigenvalue weighted by molar-refractivity contribution is 6.01. The summed E-state index contributed by atoms with van der Waals surface area (Å²) in [6.07, 6.45) is 6.11. The Hall–Kier alpha value is -3.47. The summed E-state index contributed by atoms with van der Waals surface area (Å²) in [6.45, 7) is 10.9. The number of aryl methyl sites for hydroxylation is 2. The third-order valence-corrected chi connectivity index (χ3v) is 9.93. The van der Waals surface area contributed by atoms with E-state index in [0.717, 1.165) is 70.2 Å². The molecule has 2 N–H and O–H groups in total. The average molecular weight is 619 g/mol. The quantitative estimate of drug-likeness (QED) is 0.297. The number of aromatic nitrogens is 3. The van der Waals surface area contributed by atoms with Crippen LogP contribution in [0.25, 0.3) is 32.9 Å². The Kier molecular flexibility index (Phi) is 9.17. The molecule has 4 aliphatic heterocycles. The average Bonchev–Trinajstić information content (AvgIpc) is 3.63. The van der Waals surface area contributed by atoms with Gasteiger partial charge in [-0.25, -0.2) is 13.8 Å². The molecule has 0 amide bonds. The first-order chi connectivity index (χ1) is 22.0. The molecule has 3 fully saturated rings. The summed E-state index contributed by atoms with van der Waals surface area (Å²) in [7, 11) is 1.00. The van der Waals surface area contributed by atoms with Gasteiger partial charge in [-0.3, -0.25) is 4.90 Å². The summed E-state index contributed by atoms with van der Waals surface area (Å²) >= 11 is 0. The molecule has 1 unspecified atom stereocenters. The van der Waals surface area contributed by atoms with Crippen molar-refractivity contribution in [1.82, 2.24) is 25.2 Å². The van der Waals surface area contributed by atoms with Gasteiger partial charge in [-0.05, 0) is 80.9 Å². The molecule has 2 aromatic carbocycles. The van der Waals surface area contributed by atoms with Crippen molar-refractivity contribution in [3.05, 3.63) is 53.2 Å². The molecule has 0 saturated carbocycles. The van der Waals surface area contributed by atoms with Crippen molar-refractivity contribution in [2.75, 3.05) is 51.3 Å². The van der Waals surface area contributed by atoms with E-state index in [1.54, 1.807) is 13.0 Å². The minimum Gasteiger partial charge on any atom is -0.461 e. The second-order valence-electron chi connectivity index (χ2n) is 12.1. The number of pyridine rings is 1. The molecule has 0 radical (unpaired) electrons. The number of aliphatic hydroxyl groups is 1. The lowest BCUT2D eigenvalue weighted by Crippen LogP contribution is -2.51. The number of piperazine rings is 1. The molecule has 0 bridgehead atoms. The van der Waals surface area contributed by atoms with Crippen LogP contribution in [0.15, 0.2) is 30.3 Å². The maximum absolute atomic E-state index is 16.8. The molecule has 8 nitrogen and oxygen atoms in total. The van der Waals surface area contributed by atoms with Crippen LogP contribution in [0.4, 0.5) is 14.6 Å². The summed E-state index contributed by atoms with van der Waals surface area (Å²) in [4.78, 5) is 19.5. The number of rotatable bonds is 4. The number of nitrogens with zero attached hydrogens (tertiary/aromatic N) is 5. The minimum absolute atomic E-state index is 0.0294. The van der Waals surface area contributed by atoms with Gasteiger partial charge in [0.25, 0.3) is 0 Å². The molecule has 10 heteroatoms. The third kappa shape index (κ3) is 5.40. The van der Waals surface area contributed by atoms with Gasteiger partial charge in [0.1, 0.15) is 29.5 Å². The van der Waals surface area contributed by atoms with E-state index >= 15 is 4.39 Å². The molecular formula is C35H44F2N6O2. The van der Waals surface area contributed by atoms with E-state index < -0.39 is 5.82 Å². The Morgan fingerprint density at radius 2 is 1.78 bits per heavy atom. The Morgan fingerprint density at radius 1 is 1.00 bits per heavy atom. The number of ether oxygens (including phenoxy) is 1. The number of anilines is 1. The van der Waals surface area contributed by atoms with Crippen molar-refractivity contribution < 1.29 is 18.6 Å². The summed E-state index contributed by atoms with van der Waals surface area (Å²) in [6, 6.07) is 9.27. The van der Waals surface area contributed by atoms with Crippen LogP contribution in [0.5, 0.6) is 6.01 Å². The number of hydrogen-bond acceptors (Lipinski definition) is 8. The first-order valence-electron chi connectivity index (χ1n) is 16.4. The number of fused-ring (bicyclic) bond motifs is 4. The largest absolute Gasteiger partial charge is 0.461 e. The highest BCUT2D eigenvalue weighted by Crippen LogP contribution is 2.42. The maximum atomic E-state index is 16.8. The van der Waals surface area contributed by atoms with Gasteiger partial charge in [-0.2, -0.15) is 9.97 Å². The van der Waals surface area contributed by atoms with Crippen molar-refractivity contribution in [3.8, 4) is 17.3 Å². The molecule has 45 heavy (non-hydrogen) atoms. The molecule has 240 valence electrons. The standard InChI is InChI=1S/C32H34F2N6O.C2H6.CH4O/c1-19-23(33)9-7-20-5-2-6-22(25(19)20)28-27(34)29-26-24(36-28)10-8-21-17-35-13-16-40(21)30(26)38-31(37-29)41-18-32-11-3-14-39(32)15-4-12-32;2*1-2/h2,5-7,9,21,35H,3-4,8,10-18H2,1H3;1-2H3;2H,1H3. The summed E-state index contributed by atoms with van der Waals surface area (Å²) in [5.74, 6) is -0.112. The minimum atomic E-state index is -0.511. The van der Waals surface area contributed by atoms with E-state index in [0.29, 0.717) is 40.7 Å². The highest BCUT2D eigenvalue weighted by Gasteiger charge is 2.45. The Morgan fingerprint density at radius 3 is 2.56 bits per heavy atom. The Bertz CT molecular complexity index is 1690. The fourth-order valence-electron chi connectivity index (χ4n) is 7.83. The molecule has 8 rings (SSSR count). The van der Waals surface area contributed by atoms with Crippen LogP contribution >= 0.6 is 0 Å². The normalized spacial score (nSPS) is 20.1. The van der Waals surface area contributed by atoms with Crippen LogP contribution in [0.2, 0.25) is 0 Å². The molecule has 1 atom stereocenters. The Balaban J connectivity index is 0.000000860. The van der Waals surface area contributed by atoms with E-state index in [1.807, 2.05) is 32.0 Å². The van der Waals surface area contributed by atoms with Crippen molar-refractivity contribution in [2.45, 2.75) is 70.9 Å². The topological polar surface area (TPSA) is 86.6 Å². The number of hydrogen-bond donors (Lipinski definition) is 2. The van der Waals surface area contributed by atoms with E-state index in [-0.39, 0.29) is 34.6 Å². The lowest BCUT2D eigenvalue weighted by molar-refractivity contribution is 0.108. The molecule has 2 aromatic heterocycles. The molecule has 4 aliphatic rings. The number of benzene rings is 2. The van der Waals surface area contributed by atoms with E-state index in [4.69, 9.17) is 24.8 Å². The summed E-state index contributed by atoms with van der Waals surface area (Å²) in [5.41, 5.74) is 2.32. The maximum Gasteiger partial charge on any atom is 0.319 e. The van der Waals surface area contributed by atoms with E-state index in [1.165, 1.54) is 18.9 Å². The van der Waals surface area contributed by atoms with Crippen molar-refractivity contribution in [1.29, 1.82) is 0 Å². The summed E-state index contributed by atoms with van der Waals surface area (Å²) < 4.78 is 37.9. The van der Waals surface area contributed by atoms with Gasteiger partial charge < -0.3 is 20.1 Å².